The Morgan fingerprint density at radius 1 is 1.33 bits per heavy atom. The first-order valence-corrected chi connectivity index (χ1v) is 7.25. The van der Waals surface area contributed by atoms with Crippen LogP contribution in [0.15, 0.2) is 17.8 Å². The minimum Gasteiger partial charge on any atom is -0.368 e. The maximum absolute atomic E-state index is 5.92. The molecule has 3 N–H and O–H groups in total. The van der Waals surface area contributed by atoms with Crippen LogP contribution in [0.3, 0.4) is 0 Å². The first kappa shape index (κ1) is 13.2. The standard InChI is InChI=1S/C13H20N4S/c1-3-13(4-2,7-14)8-15-12-11-10(5-6-18-11)16-9-17-12/h5-6,9H,3-4,7-8,14H2,1-2H3,(H,15,16,17). The molecular weight excluding hydrogens is 244 g/mol. The third-order valence-corrected chi connectivity index (χ3v) is 4.72. The molecule has 98 valence electrons. The normalized spacial score (nSPS) is 11.9. The number of fused-ring (bicyclic) bond motifs is 1. The summed E-state index contributed by atoms with van der Waals surface area (Å²) in [6.45, 7) is 5.95. The van der Waals surface area contributed by atoms with E-state index in [9.17, 15) is 0 Å². The monoisotopic (exact) mass is 264 g/mol. The summed E-state index contributed by atoms with van der Waals surface area (Å²) < 4.78 is 1.12. The van der Waals surface area contributed by atoms with Crippen molar-refractivity contribution < 1.29 is 0 Å². The molecule has 0 saturated heterocycles. The van der Waals surface area contributed by atoms with Crippen LogP contribution in [0.5, 0.6) is 0 Å². The first-order valence-electron chi connectivity index (χ1n) is 6.37. The van der Waals surface area contributed by atoms with Crippen molar-refractivity contribution in [2.75, 3.05) is 18.4 Å². The van der Waals surface area contributed by atoms with Crippen molar-refractivity contribution in [2.24, 2.45) is 11.1 Å². The van der Waals surface area contributed by atoms with Crippen LogP contribution in [-0.2, 0) is 0 Å². The van der Waals surface area contributed by atoms with E-state index in [0.29, 0.717) is 6.54 Å². The predicted octanol–water partition coefficient (Wildman–Crippen LogP) is 2.87. The highest BCUT2D eigenvalue weighted by molar-refractivity contribution is 7.17. The van der Waals surface area contributed by atoms with Gasteiger partial charge in [0.05, 0.1) is 10.2 Å². The van der Waals surface area contributed by atoms with Gasteiger partial charge in [-0.15, -0.1) is 11.3 Å². The molecule has 0 fully saturated rings. The van der Waals surface area contributed by atoms with Crippen LogP contribution in [0.4, 0.5) is 5.82 Å². The molecule has 18 heavy (non-hydrogen) atoms. The highest BCUT2D eigenvalue weighted by Gasteiger charge is 2.24. The molecule has 0 bridgehead atoms. The lowest BCUT2D eigenvalue weighted by atomic mass is 9.82. The topological polar surface area (TPSA) is 63.8 Å². The largest absolute Gasteiger partial charge is 0.368 e. The van der Waals surface area contributed by atoms with Crippen molar-refractivity contribution in [2.45, 2.75) is 26.7 Å². The zero-order chi connectivity index (χ0) is 13.0. The van der Waals surface area contributed by atoms with Crippen molar-refractivity contribution in [3.05, 3.63) is 17.8 Å². The number of hydrogen-bond acceptors (Lipinski definition) is 5. The van der Waals surface area contributed by atoms with Crippen molar-refractivity contribution in [1.82, 2.24) is 9.97 Å². The van der Waals surface area contributed by atoms with Gasteiger partial charge in [-0.05, 0) is 36.2 Å². The second-order valence-electron chi connectivity index (χ2n) is 4.62. The van der Waals surface area contributed by atoms with Gasteiger partial charge in [0.2, 0.25) is 0 Å². The fourth-order valence-electron chi connectivity index (χ4n) is 2.05. The molecule has 0 spiro atoms. The molecule has 0 saturated carbocycles. The summed E-state index contributed by atoms with van der Waals surface area (Å²) in [6.07, 6.45) is 3.76. The summed E-state index contributed by atoms with van der Waals surface area (Å²) in [5, 5.41) is 5.49. The number of hydrogen-bond donors (Lipinski definition) is 2. The lowest BCUT2D eigenvalue weighted by Crippen LogP contribution is -2.36. The van der Waals surface area contributed by atoms with Gasteiger partial charge in [-0.2, -0.15) is 0 Å². The Morgan fingerprint density at radius 2 is 2.11 bits per heavy atom. The van der Waals surface area contributed by atoms with Crippen LogP contribution in [0.2, 0.25) is 0 Å². The minimum atomic E-state index is 0.161. The Labute approximate surface area is 112 Å². The van der Waals surface area contributed by atoms with E-state index in [2.05, 4.69) is 29.1 Å². The third-order valence-electron chi connectivity index (χ3n) is 3.81. The highest BCUT2D eigenvalue weighted by Crippen LogP contribution is 2.28. The quantitative estimate of drug-likeness (QED) is 0.842. The summed E-state index contributed by atoms with van der Waals surface area (Å²) in [5.41, 5.74) is 7.08. The second-order valence-corrected chi connectivity index (χ2v) is 5.54. The molecular formula is C13H20N4S. The Morgan fingerprint density at radius 3 is 2.78 bits per heavy atom. The number of anilines is 1. The molecule has 2 aromatic rings. The Kier molecular flexibility index (Phi) is 4.14. The third kappa shape index (κ3) is 2.47. The lowest BCUT2D eigenvalue weighted by molar-refractivity contribution is 0.294. The molecule has 0 aliphatic carbocycles. The molecule has 2 rings (SSSR count). The Bertz CT molecular complexity index is 496. The fourth-order valence-corrected chi connectivity index (χ4v) is 2.86. The number of rotatable bonds is 6. The summed E-state index contributed by atoms with van der Waals surface area (Å²) in [4.78, 5) is 8.57. The van der Waals surface area contributed by atoms with Crippen molar-refractivity contribution >= 4 is 27.4 Å². The zero-order valence-electron chi connectivity index (χ0n) is 10.9. The van der Waals surface area contributed by atoms with Gasteiger partial charge in [0.1, 0.15) is 12.1 Å². The summed E-state index contributed by atoms with van der Waals surface area (Å²) >= 11 is 1.67. The maximum atomic E-state index is 5.92. The summed E-state index contributed by atoms with van der Waals surface area (Å²) in [6, 6.07) is 2.02. The average molecular weight is 264 g/mol. The summed E-state index contributed by atoms with van der Waals surface area (Å²) in [7, 11) is 0. The van der Waals surface area contributed by atoms with Gasteiger partial charge in [0.25, 0.3) is 0 Å². The molecule has 0 atom stereocenters. The molecule has 0 amide bonds. The number of nitrogens with two attached hydrogens (primary N) is 1. The second kappa shape index (κ2) is 5.63. The van der Waals surface area contributed by atoms with E-state index >= 15 is 0 Å². The Balaban J connectivity index is 2.17. The number of aromatic nitrogens is 2. The number of thiophene rings is 1. The number of nitrogens with one attached hydrogen (secondary N) is 1. The van der Waals surface area contributed by atoms with Gasteiger partial charge in [0.15, 0.2) is 0 Å². The maximum Gasteiger partial charge on any atom is 0.147 e. The molecule has 0 unspecified atom stereocenters. The van der Waals surface area contributed by atoms with E-state index in [1.807, 2.05) is 11.4 Å². The molecule has 2 aromatic heterocycles. The SMILES string of the molecule is CCC(CC)(CN)CNc1ncnc2ccsc12. The van der Waals surface area contributed by atoms with Gasteiger partial charge in [-0.1, -0.05) is 13.8 Å². The molecule has 0 radical (unpaired) electrons. The predicted molar refractivity (Wildman–Crippen MR) is 78.0 cm³/mol. The molecule has 5 heteroatoms. The lowest BCUT2D eigenvalue weighted by Gasteiger charge is -2.30. The Hall–Kier alpha value is -1.20. The van der Waals surface area contributed by atoms with Gasteiger partial charge in [-0.25, -0.2) is 9.97 Å². The van der Waals surface area contributed by atoms with Crippen molar-refractivity contribution in [1.29, 1.82) is 0 Å². The molecule has 2 heterocycles. The van der Waals surface area contributed by atoms with Gasteiger partial charge in [0, 0.05) is 6.54 Å². The van der Waals surface area contributed by atoms with Crippen LogP contribution in [0.25, 0.3) is 10.2 Å². The molecule has 0 aromatic carbocycles. The van der Waals surface area contributed by atoms with Crippen molar-refractivity contribution in [3.8, 4) is 0 Å². The smallest absolute Gasteiger partial charge is 0.147 e. The van der Waals surface area contributed by atoms with E-state index < -0.39 is 0 Å². The van der Waals surface area contributed by atoms with E-state index in [1.165, 1.54) is 0 Å². The molecule has 0 aliphatic heterocycles. The van der Waals surface area contributed by atoms with Crippen LogP contribution >= 0.6 is 11.3 Å². The van der Waals surface area contributed by atoms with Crippen molar-refractivity contribution in [3.63, 3.8) is 0 Å². The highest BCUT2D eigenvalue weighted by atomic mass is 32.1. The molecule has 4 nitrogen and oxygen atoms in total. The fraction of sp³-hybridized carbons (Fsp3) is 0.538. The summed E-state index contributed by atoms with van der Waals surface area (Å²) in [5.74, 6) is 0.926. The van der Waals surface area contributed by atoms with E-state index in [1.54, 1.807) is 17.7 Å². The van der Waals surface area contributed by atoms with E-state index in [4.69, 9.17) is 5.73 Å². The van der Waals surface area contributed by atoms with Crippen LogP contribution < -0.4 is 11.1 Å². The van der Waals surface area contributed by atoms with Crippen LogP contribution in [-0.4, -0.2) is 23.1 Å². The van der Waals surface area contributed by atoms with Gasteiger partial charge in [-0.3, -0.25) is 0 Å². The van der Waals surface area contributed by atoms with E-state index in [0.717, 1.165) is 35.4 Å². The zero-order valence-corrected chi connectivity index (χ0v) is 11.8. The number of nitrogens with zero attached hydrogens (tertiary/aromatic N) is 2. The minimum absolute atomic E-state index is 0.161. The van der Waals surface area contributed by atoms with Gasteiger partial charge >= 0.3 is 0 Å². The van der Waals surface area contributed by atoms with E-state index in [-0.39, 0.29) is 5.41 Å². The molecule has 0 aliphatic rings. The first-order chi connectivity index (χ1) is 8.74. The average Bonchev–Trinajstić information content (AvgIpc) is 2.90. The van der Waals surface area contributed by atoms with Crippen LogP contribution in [0, 0.1) is 5.41 Å². The van der Waals surface area contributed by atoms with Crippen LogP contribution in [0.1, 0.15) is 26.7 Å². The van der Waals surface area contributed by atoms with Gasteiger partial charge < -0.3 is 11.1 Å².